The van der Waals surface area contributed by atoms with Gasteiger partial charge in [0.05, 0.1) is 12.0 Å². The minimum absolute atomic E-state index is 0.180. The predicted octanol–water partition coefficient (Wildman–Crippen LogP) is 4.87. The van der Waals surface area contributed by atoms with Crippen LogP contribution in [-0.2, 0) is 0 Å². The van der Waals surface area contributed by atoms with Gasteiger partial charge in [-0.15, -0.1) is 0 Å². The first-order valence-corrected chi connectivity index (χ1v) is 7.70. The zero-order valence-corrected chi connectivity index (χ0v) is 13.7. The summed E-state index contributed by atoms with van der Waals surface area (Å²) < 4.78 is 0. The lowest BCUT2D eigenvalue weighted by atomic mass is 10.0. The number of rotatable bonds is 3. The molecule has 1 atom stereocenters. The van der Waals surface area contributed by atoms with E-state index < -0.39 is 0 Å². The molecule has 1 unspecified atom stereocenters. The first kappa shape index (κ1) is 17.0. The van der Waals surface area contributed by atoms with Crippen LogP contribution in [0.4, 0.5) is 0 Å². The molecule has 0 radical (unpaired) electrons. The van der Waals surface area contributed by atoms with Crippen molar-refractivity contribution in [3.05, 3.63) is 47.2 Å². The minimum Gasteiger partial charge on any atom is -0.374 e. The SMILES string of the molecule is C=Cc1c(C)cccc1/C=C(\C)N1CCC(C#N)C1.CC. The fourth-order valence-corrected chi connectivity index (χ4v) is 2.61. The Morgan fingerprint density at radius 3 is 2.71 bits per heavy atom. The van der Waals surface area contributed by atoms with Gasteiger partial charge in [-0.1, -0.05) is 44.7 Å². The molecule has 1 fully saturated rings. The maximum Gasteiger partial charge on any atom is 0.0675 e. The number of nitriles is 1. The van der Waals surface area contributed by atoms with Gasteiger partial charge < -0.3 is 4.90 Å². The van der Waals surface area contributed by atoms with Gasteiger partial charge in [-0.05, 0) is 43.0 Å². The van der Waals surface area contributed by atoms with Crippen LogP contribution < -0.4 is 0 Å². The maximum absolute atomic E-state index is 8.96. The summed E-state index contributed by atoms with van der Waals surface area (Å²) in [6.45, 7) is 14.0. The molecule has 2 nitrogen and oxygen atoms in total. The van der Waals surface area contributed by atoms with Crippen LogP contribution in [0.15, 0.2) is 30.5 Å². The van der Waals surface area contributed by atoms with E-state index in [0.717, 1.165) is 19.5 Å². The lowest BCUT2D eigenvalue weighted by molar-refractivity contribution is 0.422. The normalized spacial score (nSPS) is 17.8. The molecule has 112 valence electrons. The van der Waals surface area contributed by atoms with Crippen LogP contribution >= 0.6 is 0 Å². The van der Waals surface area contributed by atoms with E-state index in [1.165, 1.54) is 22.4 Å². The molecule has 0 N–H and O–H groups in total. The summed E-state index contributed by atoms with van der Waals surface area (Å²) in [5.41, 5.74) is 4.87. The Morgan fingerprint density at radius 2 is 2.14 bits per heavy atom. The van der Waals surface area contributed by atoms with Crippen LogP contribution in [0.2, 0.25) is 0 Å². The Morgan fingerprint density at radius 1 is 1.43 bits per heavy atom. The van der Waals surface area contributed by atoms with Gasteiger partial charge in [0.2, 0.25) is 0 Å². The third-order valence-electron chi connectivity index (χ3n) is 3.80. The highest BCUT2D eigenvalue weighted by atomic mass is 15.2. The lowest BCUT2D eigenvalue weighted by Crippen LogP contribution is -2.17. The Kier molecular flexibility index (Phi) is 6.75. The third-order valence-corrected chi connectivity index (χ3v) is 3.80. The lowest BCUT2D eigenvalue weighted by Gasteiger charge is -2.19. The number of nitrogens with zero attached hydrogens (tertiary/aromatic N) is 2. The van der Waals surface area contributed by atoms with Gasteiger partial charge in [0.1, 0.15) is 0 Å². The molecule has 1 aromatic rings. The molecule has 1 heterocycles. The van der Waals surface area contributed by atoms with E-state index in [1.54, 1.807) is 0 Å². The number of hydrogen-bond donors (Lipinski definition) is 0. The summed E-state index contributed by atoms with van der Waals surface area (Å²) in [6, 6.07) is 8.65. The predicted molar refractivity (Wildman–Crippen MR) is 91.6 cm³/mol. The highest BCUT2D eigenvalue weighted by Gasteiger charge is 2.21. The summed E-state index contributed by atoms with van der Waals surface area (Å²) in [4.78, 5) is 2.29. The topological polar surface area (TPSA) is 27.0 Å². The van der Waals surface area contributed by atoms with Gasteiger partial charge in [0.25, 0.3) is 0 Å². The molecule has 21 heavy (non-hydrogen) atoms. The minimum atomic E-state index is 0.180. The molecule has 0 saturated carbocycles. The zero-order valence-electron chi connectivity index (χ0n) is 13.7. The first-order valence-electron chi connectivity index (χ1n) is 7.70. The molecular weight excluding hydrogens is 256 g/mol. The van der Waals surface area contributed by atoms with Crippen LogP contribution in [0.3, 0.4) is 0 Å². The molecule has 0 amide bonds. The third kappa shape index (κ3) is 4.23. The highest BCUT2D eigenvalue weighted by Crippen LogP contribution is 2.23. The number of allylic oxidation sites excluding steroid dienone is 1. The summed E-state index contributed by atoms with van der Waals surface area (Å²) in [7, 11) is 0. The molecule has 2 heteroatoms. The average Bonchev–Trinajstić information content (AvgIpc) is 2.98. The van der Waals surface area contributed by atoms with Crippen LogP contribution in [0.25, 0.3) is 12.2 Å². The van der Waals surface area contributed by atoms with Crippen LogP contribution in [0.1, 0.15) is 43.9 Å². The van der Waals surface area contributed by atoms with Crippen LogP contribution in [-0.4, -0.2) is 18.0 Å². The van der Waals surface area contributed by atoms with Crippen LogP contribution in [0, 0.1) is 24.2 Å². The Bertz CT molecular complexity index is 549. The van der Waals surface area contributed by atoms with Crippen molar-refractivity contribution in [1.29, 1.82) is 5.26 Å². The monoisotopic (exact) mass is 282 g/mol. The molecule has 0 spiro atoms. The molecule has 1 saturated heterocycles. The number of aryl methyl sites for hydroxylation is 1. The second kappa shape index (κ2) is 8.32. The van der Waals surface area contributed by atoms with Gasteiger partial charge in [-0.2, -0.15) is 5.26 Å². The van der Waals surface area contributed by atoms with Crippen molar-refractivity contribution in [2.75, 3.05) is 13.1 Å². The molecule has 2 rings (SSSR count). The Balaban J connectivity index is 0.00000106. The number of hydrogen-bond acceptors (Lipinski definition) is 2. The Hall–Kier alpha value is -2.01. The first-order chi connectivity index (χ1) is 10.2. The summed E-state index contributed by atoms with van der Waals surface area (Å²) in [6.07, 6.45) is 5.09. The van der Waals surface area contributed by atoms with Crippen molar-refractivity contribution in [2.45, 2.75) is 34.1 Å². The van der Waals surface area contributed by atoms with E-state index >= 15 is 0 Å². The summed E-state index contributed by atoms with van der Waals surface area (Å²) in [5, 5.41) is 8.96. The number of likely N-dealkylation sites (tertiary alicyclic amines) is 1. The number of benzene rings is 1. The molecule has 0 aliphatic carbocycles. The van der Waals surface area contributed by atoms with Gasteiger partial charge in [0, 0.05) is 18.8 Å². The van der Waals surface area contributed by atoms with Gasteiger partial charge in [-0.3, -0.25) is 0 Å². The average molecular weight is 282 g/mol. The molecule has 1 aliphatic rings. The van der Waals surface area contributed by atoms with Crippen molar-refractivity contribution < 1.29 is 0 Å². The van der Waals surface area contributed by atoms with E-state index in [4.69, 9.17) is 5.26 Å². The second-order valence-corrected chi connectivity index (χ2v) is 5.13. The van der Waals surface area contributed by atoms with Crippen LogP contribution in [0.5, 0.6) is 0 Å². The Labute approximate surface area is 129 Å². The summed E-state index contributed by atoms with van der Waals surface area (Å²) >= 11 is 0. The maximum atomic E-state index is 8.96. The summed E-state index contributed by atoms with van der Waals surface area (Å²) in [5.74, 6) is 0.180. The molecule has 1 aliphatic heterocycles. The van der Waals surface area contributed by atoms with E-state index in [9.17, 15) is 0 Å². The van der Waals surface area contributed by atoms with Gasteiger partial charge in [0.15, 0.2) is 0 Å². The van der Waals surface area contributed by atoms with E-state index in [2.05, 4.69) is 55.7 Å². The van der Waals surface area contributed by atoms with Crippen molar-refractivity contribution >= 4 is 12.2 Å². The van der Waals surface area contributed by atoms with Crippen molar-refractivity contribution in [3.8, 4) is 6.07 Å². The van der Waals surface area contributed by atoms with E-state index in [1.807, 2.05) is 19.9 Å². The molecular formula is C19H26N2. The largest absolute Gasteiger partial charge is 0.374 e. The fourth-order valence-electron chi connectivity index (χ4n) is 2.61. The van der Waals surface area contributed by atoms with Crippen molar-refractivity contribution in [2.24, 2.45) is 5.92 Å². The molecule has 0 aromatic heterocycles. The fraction of sp³-hybridized carbons (Fsp3) is 0.421. The molecule has 0 bridgehead atoms. The zero-order chi connectivity index (χ0) is 15.8. The highest BCUT2D eigenvalue weighted by molar-refractivity contribution is 5.67. The van der Waals surface area contributed by atoms with E-state index in [0.29, 0.717) is 0 Å². The van der Waals surface area contributed by atoms with Gasteiger partial charge >= 0.3 is 0 Å². The van der Waals surface area contributed by atoms with Crippen molar-refractivity contribution in [1.82, 2.24) is 4.90 Å². The quantitative estimate of drug-likeness (QED) is 0.790. The second-order valence-electron chi connectivity index (χ2n) is 5.13. The van der Waals surface area contributed by atoms with E-state index in [-0.39, 0.29) is 5.92 Å². The smallest absolute Gasteiger partial charge is 0.0675 e. The standard InChI is InChI=1S/C17H20N2.C2H6/c1-4-17-13(2)6-5-7-16(17)10-14(3)19-9-8-15(11-18)12-19;1-2/h4-7,10,15H,1,8-9,12H2,2-3H3;1-2H3/b14-10+;. The molecule has 1 aromatic carbocycles. The van der Waals surface area contributed by atoms with Gasteiger partial charge in [-0.25, -0.2) is 0 Å². The van der Waals surface area contributed by atoms with Crippen molar-refractivity contribution in [3.63, 3.8) is 0 Å².